The minimum absolute atomic E-state index is 0.135. The third kappa shape index (κ3) is 3.14. The van der Waals surface area contributed by atoms with E-state index >= 15 is 0 Å². The number of nitrogens with one attached hydrogen (secondary N) is 3. The summed E-state index contributed by atoms with van der Waals surface area (Å²) in [6, 6.07) is 0. The lowest BCUT2D eigenvalue weighted by Gasteiger charge is -1.99. The number of nitrogens with zero attached hydrogens (tertiary/aromatic N) is 2. The first-order valence-electron chi connectivity index (χ1n) is 5.21. The number of aromatic nitrogens is 3. The van der Waals surface area contributed by atoms with E-state index in [1.54, 1.807) is 5.38 Å². The van der Waals surface area contributed by atoms with Gasteiger partial charge in [-0.2, -0.15) is 0 Å². The quantitative estimate of drug-likeness (QED) is 0.749. The molecule has 0 saturated heterocycles. The van der Waals surface area contributed by atoms with Crippen LogP contribution in [-0.2, 0) is 6.54 Å². The molecule has 0 spiro atoms. The molecule has 3 N–H and O–H groups in total. The number of H-pyrrole nitrogens is 1. The van der Waals surface area contributed by atoms with Gasteiger partial charge in [-0.1, -0.05) is 22.7 Å². The van der Waals surface area contributed by atoms with Gasteiger partial charge in [0.05, 0.1) is 6.54 Å². The number of hydrogen-bond donors (Lipinski definition) is 3. The molecule has 0 atom stereocenters. The van der Waals surface area contributed by atoms with E-state index in [2.05, 4.69) is 25.8 Å². The molecule has 2 aromatic heterocycles. The largest absolute Gasteiger partial charge is 0.360 e. The van der Waals surface area contributed by atoms with Gasteiger partial charge in [-0.25, -0.2) is 0 Å². The number of rotatable bonds is 5. The van der Waals surface area contributed by atoms with Crippen molar-refractivity contribution < 1.29 is 4.79 Å². The Kier molecular flexibility index (Phi) is 4.05. The lowest BCUT2D eigenvalue weighted by molar-refractivity contribution is 0.0949. The summed E-state index contributed by atoms with van der Waals surface area (Å²) in [5.41, 5.74) is 0.676. The predicted molar refractivity (Wildman–Crippen MR) is 70.2 cm³/mol. The van der Waals surface area contributed by atoms with Crippen molar-refractivity contribution in [1.82, 2.24) is 20.5 Å². The molecule has 0 aliphatic carbocycles. The molecule has 0 radical (unpaired) electrons. The van der Waals surface area contributed by atoms with E-state index in [0.717, 1.165) is 17.9 Å². The van der Waals surface area contributed by atoms with Gasteiger partial charge in [0.1, 0.15) is 0 Å². The lowest BCUT2D eigenvalue weighted by Crippen LogP contribution is -2.23. The Bertz CT molecular complexity index is 588. The minimum atomic E-state index is -0.302. The highest BCUT2D eigenvalue weighted by Crippen LogP contribution is 2.14. The summed E-state index contributed by atoms with van der Waals surface area (Å²) in [6.07, 6.45) is 0. The summed E-state index contributed by atoms with van der Waals surface area (Å²) in [4.78, 5) is 25.1. The molecule has 2 heterocycles. The van der Waals surface area contributed by atoms with E-state index in [1.165, 1.54) is 11.3 Å². The van der Waals surface area contributed by atoms with Crippen molar-refractivity contribution in [2.75, 3.05) is 11.9 Å². The maximum atomic E-state index is 11.7. The second-order valence-electron chi connectivity index (χ2n) is 3.30. The predicted octanol–water partition coefficient (Wildman–Crippen LogP) is 0.650. The SMILES string of the molecule is CCNc1nnc(C(=O)NCc2csc(=O)[nH]2)s1. The summed E-state index contributed by atoms with van der Waals surface area (Å²) in [5, 5.41) is 15.8. The maximum absolute atomic E-state index is 11.7. The summed E-state index contributed by atoms with van der Waals surface area (Å²) in [6.45, 7) is 2.94. The Labute approximate surface area is 110 Å². The van der Waals surface area contributed by atoms with Crippen LogP contribution in [-0.4, -0.2) is 27.6 Å². The van der Waals surface area contributed by atoms with Crippen LogP contribution in [0.1, 0.15) is 22.4 Å². The van der Waals surface area contributed by atoms with Crippen LogP contribution in [0.5, 0.6) is 0 Å². The van der Waals surface area contributed by atoms with Crippen molar-refractivity contribution in [3.8, 4) is 0 Å². The fourth-order valence-corrected chi connectivity index (χ4v) is 2.50. The summed E-state index contributed by atoms with van der Waals surface area (Å²) < 4.78 is 0. The topological polar surface area (TPSA) is 99.8 Å². The van der Waals surface area contributed by atoms with E-state index in [1.807, 2.05) is 6.92 Å². The average Bonchev–Trinajstić information content (AvgIpc) is 2.96. The molecule has 96 valence electrons. The highest BCUT2D eigenvalue weighted by Gasteiger charge is 2.12. The van der Waals surface area contributed by atoms with E-state index < -0.39 is 0 Å². The Morgan fingerprint density at radius 1 is 1.50 bits per heavy atom. The molecular formula is C9H11N5O2S2. The van der Waals surface area contributed by atoms with Crippen LogP contribution in [0.3, 0.4) is 0 Å². The van der Waals surface area contributed by atoms with Gasteiger partial charge in [0.15, 0.2) is 0 Å². The van der Waals surface area contributed by atoms with Crippen molar-refractivity contribution >= 4 is 33.7 Å². The van der Waals surface area contributed by atoms with Gasteiger partial charge in [-0.15, -0.1) is 10.2 Å². The molecule has 0 unspecified atom stereocenters. The second kappa shape index (κ2) is 5.74. The van der Waals surface area contributed by atoms with E-state index in [0.29, 0.717) is 15.8 Å². The van der Waals surface area contributed by atoms with Crippen LogP contribution >= 0.6 is 22.7 Å². The minimum Gasteiger partial charge on any atom is -0.360 e. The number of aromatic amines is 1. The molecule has 0 fully saturated rings. The molecule has 2 rings (SSSR count). The molecule has 1 amide bonds. The molecule has 0 bridgehead atoms. The first-order chi connectivity index (χ1) is 8.69. The van der Waals surface area contributed by atoms with Crippen molar-refractivity contribution in [3.63, 3.8) is 0 Å². The van der Waals surface area contributed by atoms with Gasteiger partial charge in [-0.3, -0.25) is 9.59 Å². The van der Waals surface area contributed by atoms with Crippen molar-refractivity contribution in [3.05, 3.63) is 25.7 Å². The molecule has 0 aromatic carbocycles. The van der Waals surface area contributed by atoms with Crippen molar-refractivity contribution in [2.24, 2.45) is 0 Å². The van der Waals surface area contributed by atoms with Crippen LogP contribution < -0.4 is 15.5 Å². The first kappa shape index (κ1) is 12.7. The third-order valence-corrected chi connectivity index (χ3v) is 3.56. The highest BCUT2D eigenvalue weighted by molar-refractivity contribution is 7.17. The van der Waals surface area contributed by atoms with E-state index in [4.69, 9.17) is 0 Å². The van der Waals surface area contributed by atoms with E-state index in [-0.39, 0.29) is 17.3 Å². The molecule has 9 heteroatoms. The van der Waals surface area contributed by atoms with Gasteiger partial charge in [0.25, 0.3) is 5.91 Å². The van der Waals surface area contributed by atoms with Gasteiger partial charge in [0.2, 0.25) is 10.1 Å². The number of hydrogen-bond acceptors (Lipinski definition) is 7. The number of carbonyl (C=O) groups is 1. The zero-order valence-corrected chi connectivity index (χ0v) is 11.2. The van der Waals surface area contributed by atoms with Gasteiger partial charge in [-0.05, 0) is 6.92 Å². The zero-order chi connectivity index (χ0) is 13.0. The molecule has 0 aliphatic heterocycles. The smallest absolute Gasteiger partial charge is 0.304 e. The van der Waals surface area contributed by atoms with Gasteiger partial charge >= 0.3 is 4.87 Å². The number of amides is 1. The van der Waals surface area contributed by atoms with Gasteiger partial charge < -0.3 is 15.6 Å². The van der Waals surface area contributed by atoms with Crippen LogP contribution in [0, 0.1) is 0 Å². The monoisotopic (exact) mass is 285 g/mol. The molecule has 0 saturated carbocycles. The molecule has 7 nitrogen and oxygen atoms in total. The van der Waals surface area contributed by atoms with E-state index in [9.17, 15) is 9.59 Å². The summed E-state index contributed by atoms with van der Waals surface area (Å²) in [7, 11) is 0. The Morgan fingerprint density at radius 3 is 3.00 bits per heavy atom. The Balaban J connectivity index is 1.92. The molecule has 0 aliphatic rings. The molecule has 18 heavy (non-hydrogen) atoms. The third-order valence-electron chi connectivity index (χ3n) is 1.96. The standard InChI is InChI=1S/C9H11N5O2S2/c1-2-10-8-14-13-7(18-8)6(15)11-3-5-4-17-9(16)12-5/h4H,2-3H2,1H3,(H,10,14)(H,11,15)(H,12,16). The highest BCUT2D eigenvalue weighted by atomic mass is 32.1. The van der Waals surface area contributed by atoms with Crippen molar-refractivity contribution in [2.45, 2.75) is 13.5 Å². The Hall–Kier alpha value is -1.74. The van der Waals surface area contributed by atoms with Crippen molar-refractivity contribution in [1.29, 1.82) is 0 Å². The lowest BCUT2D eigenvalue weighted by atomic mass is 10.5. The molecule has 2 aromatic rings. The van der Waals surface area contributed by atoms with Crippen LogP contribution in [0.2, 0.25) is 0 Å². The number of anilines is 1. The van der Waals surface area contributed by atoms with Crippen LogP contribution in [0.4, 0.5) is 5.13 Å². The fraction of sp³-hybridized carbons (Fsp3) is 0.333. The molecular weight excluding hydrogens is 274 g/mol. The zero-order valence-electron chi connectivity index (χ0n) is 9.52. The summed E-state index contributed by atoms with van der Waals surface area (Å²) >= 11 is 2.26. The number of carbonyl (C=O) groups excluding carboxylic acids is 1. The van der Waals surface area contributed by atoms with Crippen LogP contribution in [0.15, 0.2) is 10.2 Å². The number of thiazole rings is 1. The Morgan fingerprint density at radius 2 is 2.33 bits per heavy atom. The van der Waals surface area contributed by atoms with Gasteiger partial charge in [0, 0.05) is 17.6 Å². The fourth-order valence-electron chi connectivity index (χ4n) is 1.19. The van der Waals surface area contributed by atoms with Crippen LogP contribution in [0.25, 0.3) is 0 Å². The summed E-state index contributed by atoms with van der Waals surface area (Å²) in [5.74, 6) is -0.302. The average molecular weight is 285 g/mol. The first-order valence-corrected chi connectivity index (χ1v) is 6.91. The second-order valence-corrected chi connectivity index (χ2v) is 5.12. The normalized spacial score (nSPS) is 10.3. The maximum Gasteiger partial charge on any atom is 0.304 e.